The summed E-state index contributed by atoms with van der Waals surface area (Å²) in [5.41, 5.74) is 7.19. The van der Waals surface area contributed by atoms with Crippen molar-refractivity contribution >= 4 is 11.6 Å². The predicted octanol–water partition coefficient (Wildman–Crippen LogP) is 2.75. The van der Waals surface area contributed by atoms with Crippen LogP contribution < -0.4 is 5.73 Å². The molecule has 1 fully saturated rings. The number of nitrogens with two attached hydrogens (primary N) is 1. The Labute approximate surface area is 114 Å². The standard InChI is InChI=1S/C14H21ClN2O/c1-10(16)13-4-2-3-7-17(13)9-11-5-6-14(18)12(15)8-11/h5-6,8,10,13,18H,2-4,7,9,16H2,1H3. The van der Waals surface area contributed by atoms with Gasteiger partial charge >= 0.3 is 0 Å². The molecule has 1 aromatic carbocycles. The van der Waals surface area contributed by atoms with Crippen LogP contribution >= 0.6 is 11.6 Å². The van der Waals surface area contributed by atoms with E-state index in [1.807, 2.05) is 12.1 Å². The van der Waals surface area contributed by atoms with Gasteiger partial charge in [-0.25, -0.2) is 0 Å². The number of phenolic OH excluding ortho intramolecular Hbond substituents is 1. The number of nitrogens with zero attached hydrogens (tertiary/aromatic N) is 1. The van der Waals surface area contributed by atoms with Crippen LogP contribution in [0.25, 0.3) is 0 Å². The molecule has 2 rings (SSSR count). The minimum atomic E-state index is 0.141. The van der Waals surface area contributed by atoms with Gasteiger partial charge in [0, 0.05) is 18.6 Å². The Balaban J connectivity index is 2.08. The molecule has 0 aromatic heterocycles. The first-order chi connectivity index (χ1) is 8.58. The summed E-state index contributed by atoms with van der Waals surface area (Å²) in [6, 6.07) is 6.06. The summed E-state index contributed by atoms with van der Waals surface area (Å²) >= 11 is 5.94. The SMILES string of the molecule is CC(N)C1CCCCN1Cc1ccc(O)c(Cl)c1. The van der Waals surface area contributed by atoms with Crippen molar-refractivity contribution in [2.24, 2.45) is 5.73 Å². The largest absolute Gasteiger partial charge is 0.506 e. The molecule has 0 bridgehead atoms. The summed E-state index contributed by atoms with van der Waals surface area (Å²) < 4.78 is 0. The summed E-state index contributed by atoms with van der Waals surface area (Å²) in [4.78, 5) is 2.43. The molecule has 4 heteroatoms. The van der Waals surface area contributed by atoms with Crippen LogP contribution in [0.1, 0.15) is 31.7 Å². The highest BCUT2D eigenvalue weighted by Gasteiger charge is 2.25. The number of hydrogen-bond acceptors (Lipinski definition) is 3. The third-order valence-electron chi connectivity index (χ3n) is 3.67. The summed E-state index contributed by atoms with van der Waals surface area (Å²) in [7, 11) is 0. The monoisotopic (exact) mass is 268 g/mol. The lowest BCUT2D eigenvalue weighted by Crippen LogP contribution is -2.48. The molecule has 1 aromatic rings. The van der Waals surface area contributed by atoms with E-state index in [1.54, 1.807) is 6.07 Å². The zero-order valence-electron chi connectivity index (χ0n) is 10.8. The number of benzene rings is 1. The van der Waals surface area contributed by atoms with Crippen molar-refractivity contribution in [3.8, 4) is 5.75 Å². The van der Waals surface area contributed by atoms with Gasteiger partial charge in [0.25, 0.3) is 0 Å². The van der Waals surface area contributed by atoms with E-state index in [2.05, 4.69) is 11.8 Å². The van der Waals surface area contributed by atoms with Crippen LogP contribution in [0.5, 0.6) is 5.75 Å². The maximum Gasteiger partial charge on any atom is 0.134 e. The topological polar surface area (TPSA) is 49.5 Å². The Morgan fingerprint density at radius 2 is 2.28 bits per heavy atom. The smallest absolute Gasteiger partial charge is 0.134 e. The molecule has 1 heterocycles. The molecular formula is C14H21ClN2O. The molecule has 2 unspecified atom stereocenters. The van der Waals surface area contributed by atoms with Crippen LogP contribution in [0.3, 0.4) is 0 Å². The van der Waals surface area contributed by atoms with Crippen molar-refractivity contribution in [1.82, 2.24) is 4.90 Å². The van der Waals surface area contributed by atoms with Gasteiger partial charge in [-0.1, -0.05) is 24.1 Å². The average Bonchev–Trinajstić information content (AvgIpc) is 2.34. The molecule has 0 amide bonds. The second kappa shape index (κ2) is 5.91. The first-order valence-corrected chi connectivity index (χ1v) is 6.93. The second-order valence-electron chi connectivity index (χ2n) is 5.18. The molecule has 1 aliphatic rings. The fraction of sp³-hybridized carbons (Fsp3) is 0.571. The van der Waals surface area contributed by atoms with Gasteiger partial charge < -0.3 is 10.8 Å². The maximum absolute atomic E-state index is 9.42. The Bertz CT molecular complexity index is 409. The van der Waals surface area contributed by atoms with E-state index in [-0.39, 0.29) is 11.8 Å². The Morgan fingerprint density at radius 1 is 1.50 bits per heavy atom. The highest BCUT2D eigenvalue weighted by molar-refractivity contribution is 6.32. The third-order valence-corrected chi connectivity index (χ3v) is 3.97. The quantitative estimate of drug-likeness (QED) is 0.886. The van der Waals surface area contributed by atoms with Crippen LogP contribution in [-0.4, -0.2) is 28.6 Å². The van der Waals surface area contributed by atoms with E-state index in [4.69, 9.17) is 17.3 Å². The molecule has 0 spiro atoms. The zero-order valence-corrected chi connectivity index (χ0v) is 11.5. The molecule has 0 aliphatic carbocycles. The van der Waals surface area contributed by atoms with E-state index in [0.717, 1.165) is 18.7 Å². The molecule has 2 atom stereocenters. The van der Waals surface area contributed by atoms with Gasteiger partial charge in [-0.3, -0.25) is 4.90 Å². The van der Waals surface area contributed by atoms with Gasteiger partial charge in [0.1, 0.15) is 5.75 Å². The van der Waals surface area contributed by atoms with Crippen molar-refractivity contribution in [3.63, 3.8) is 0 Å². The van der Waals surface area contributed by atoms with Crippen LogP contribution in [0, 0.1) is 0 Å². The normalized spacial score (nSPS) is 22.9. The van der Waals surface area contributed by atoms with Gasteiger partial charge in [-0.2, -0.15) is 0 Å². The highest BCUT2D eigenvalue weighted by Crippen LogP contribution is 2.26. The molecule has 3 nitrogen and oxygen atoms in total. The number of halogens is 1. The highest BCUT2D eigenvalue weighted by atomic mass is 35.5. The maximum atomic E-state index is 9.42. The fourth-order valence-electron chi connectivity index (χ4n) is 2.69. The minimum Gasteiger partial charge on any atom is -0.506 e. The lowest BCUT2D eigenvalue weighted by Gasteiger charge is -2.38. The van der Waals surface area contributed by atoms with E-state index < -0.39 is 0 Å². The van der Waals surface area contributed by atoms with Crippen molar-refractivity contribution in [1.29, 1.82) is 0 Å². The number of likely N-dealkylation sites (tertiary alicyclic amines) is 1. The molecular weight excluding hydrogens is 248 g/mol. The van der Waals surface area contributed by atoms with Crippen LogP contribution in [0.2, 0.25) is 5.02 Å². The summed E-state index contributed by atoms with van der Waals surface area (Å²) in [5.74, 6) is 0.141. The van der Waals surface area contributed by atoms with Crippen molar-refractivity contribution in [2.75, 3.05) is 6.54 Å². The lowest BCUT2D eigenvalue weighted by atomic mass is 9.96. The Hall–Kier alpha value is -0.770. The molecule has 100 valence electrons. The summed E-state index contributed by atoms with van der Waals surface area (Å²) in [5, 5.41) is 9.84. The first-order valence-electron chi connectivity index (χ1n) is 6.55. The summed E-state index contributed by atoms with van der Waals surface area (Å²) in [6.07, 6.45) is 3.66. The molecule has 18 heavy (non-hydrogen) atoms. The van der Waals surface area contributed by atoms with E-state index in [1.165, 1.54) is 19.3 Å². The van der Waals surface area contributed by atoms with E-state index >= 15 is 0 Å². The van der Waals surface area contributed by atoms with Crippen molar-refractivity contribution in [2.45, 2.75) is 44.8 Å². The Morgan fingerprint density at radius 3 is 2.94 bits per heavy atom. The molecule has 0 radical (unpaired) electrons. The predicted molar refractivity (Wildman–Crippen MR) is 74.8 cm³/mol. The van der Waals surface area contributed by atoms with Gasteiger partial charge in [0.2, 0.25) is 0 Å². The summed E-state index contributed by atoms with van der Waals surface area (Å²) in [6.45, 7) is 4.02. The number of aromatic hydroxyl groups is 1. The van der Waals surface area contributed by atoms with Crippen molar-refractivity contribution in [3.05, 3.63) is 28.8 Å². The van der Waals surface area contributed by atoms with Crippen LogP contribution in [0.15, 0.2) is 18.2 Å². The van der Waals surface area contributed by atoms with Crippen LogP contribution in [-0.2, 0) is 6.54 Å². The number of rotatable bonds is 3. The Kier molecular flexibility index (Phi) is 4.49. The van der Waals surface area contributed by atoms with E-state index in [0.29, 0.717) is 11.1 Å². The fourth-order valence-corrected chi connectivity index (χ4v) is 2.89. The second-order valence-corrected chi connectivity index (χ2v) is 5.59. The van der Waals surface area contributed by atoms with Crippen molar-refractivity contribution < 1.29 is 5.11 Å². The molecule has 1 aliphatic heterocycles. The first kappa shape index (κ1) is 13.7. The number of hydrogen-bond donors (Lipinski definition) is 2. The number of phenols is 1. The molecule has 0 saturated carbocycles. The number of piperidine rings is 1. The third kappa shape index (κ3) is 3.16. The van der Waals surface area contributed by atoms with Gasteiger partial charge in [0.05, 0.1) is 5.02 Å². The zero-order chi connectivity index (χ0) is 13.1. The van der Waals surface area contributed by atoms with Gasteiger partial charge in [0.15, 0.2) is 0 Å². The molecule has 1 saturated heterocycles. The molecule has 3 N–H and O–H groups in total. The van der Waals surface area contributed by atoms with Gasteiger partial charge in [-0.05, 0) is 44.0 Å². The van der Waals surface area contributed by atoms with E-state index in [9.17, 15) is 5.11 Å². The van der Waals surface area contributed by atoms with Crippen LogP contribution in [0.4, 0.5) is 0 Å². The average molecular weight is 269 g/mol. The minimum absolute atomic E-state index is 0.141. The lowest BCUT2D eigenvalue weighted by molar-refractivity contribution is 0.123. The van der Waals surface area contributed by atoms with Gasteiger partial charge in [-0.15, -0.1) is 0 Å².